The van der Waals surface area contributed by atoms with Gasteiger partial charge in [-0.25, -0.2) is 0 Å². The van der Waals surface area contributed by atoms with Crippen LogP contribution >= 0.6 is 0 Å². The van der Waals surface area contributed by atoms with Crippen LogP contribution in [0.25, 0.3) is 0 Å². The third kappa shape index (κ3) is 4.43. The van der Waals surface area contributed by atoms with E-state index in [0.717, 1.165) is 32.8 Å². The monoisotopic (exact) mass is 238 g/mol. The normalized spacial score (nSPS) is 18.1. The number of carbonyl (C=O) groups excluding carboxylic acids is 1. The SMILES string of the molecule is CC(NCCN1CCOCC1)=C(C#N)C(N)=O. The molecule has 6 nitrogen and oxygen atoms in total. The van der Waals surface area contributed by atoms with Crippen molar-refractivity contribution in [2.24, 2.45) is 5.73 Å². The number of nitrogens with one attached hydrogen (secondary N) is 1. The molecule has 0 spiro atoms. The average molecular weight is 238 g/mol. The number of hydrogen-bond acceptors (Lipinski definition) is 5. The molecule has 0 bridgehead atoms. The van der Waals surface area contributed by atoms with Gasteiger partial charge in [0.15, 0.2) is 0 Å². The molecule has 1 fully saturated rings. The minimum absolute atomic E-state index is 0.00743. The Morgan fingerprint density at radius 1 is 1.53 bits per heavy atom. The lowest BCUT2D eigenvalue weighted by atomic mass is 10.2. The second-order valence-electron chi connectivity index (χ2n) is 3.86. The molecule has 94 valence electrons. The van der Waals surface area contributed by atoms with E-state index in [9.17, 15) is 4.79 Å². The van der Waals surface area contributed by atoms with Crippen LogP contribution < -0.4 is 11.1 Å². The number of amides is 1. The number of ether oxygens (including phenoxy) is 1. The van der Waals surface area contributed by atoms with E-state index in [-0.39, 0.29) is 5.57 Å². The van der Waals surface area contributed by atoms with Gasteiger partial charge in [0, 0.05) is 31.9 Å². The van der Waals surface area contributed by atoms with E-state index in [2.05, 4.69) is 10.2 Å². The maximum atomic E-state index is 10.9. The van der Waals surface area contributed by atoms with Gasteiger partial charge in [-0.15, -0.1) is 0 Å². The molecule has 1 heterocycles. The van der Waals surface area contributed by atoms with Gasteiger partial charge in [-0.05, 0) is 6.92 Å². The molecule has 3 N–H and O–H groups in total. The molecule has 0 aromatic carbocycles. The molecule has 0 radical (unpaired) electrons. The maximum Gasteiger partial charge on any atom is 0.261 e. The summed E-state index contributed by atoms with van der Waals surface area (Å²) < 4.78 is 5.24. The van der Waals surface area contributed by atoms with Gasteiger partial charge in [-0.1, -0.05) is 0 Å². The van der Waals surface area contributed by atoms with Crippen molar-refractivity contribution in [3.05, 3.63) is 11.3 Å². The number of morpholine rings is 1. The van der Waals surface area contributed by atoms with Gasteiger partial charge in [0.25, 0.3) is 5.91 Å². The van der Waals surface area contributed by atoms with Crippen molar-refractivity contribution >= 4 is 5.91 Å². The van der Waals surface area contributed by atoms with Gasteiger partial charge < -0.3 is 15.8 Å². The molecule has 0 atom stereocenters. The van der Waals surface area contributed by atoms with Crippen molar-refractivity contribution < 1.29 is 9.53 Å². The summed E-state index contributed by atoms with van der Waals surface area (Å²) in [5, 5.41) is 11.8. The third-order valence-corrected chi connectivity index (χ3v) is 2.66. The lowest BCUT2D eigenvalue weighted by Gasteiger charge is -2.26. The Kier molecular flexibility index (Phi) is 5.46. The number of primary amides is 1. The molecule has 1 amide bonds. The number of nitrogens with zero attached hydrogens (tertiary/aromatic N) is 2. The van der Waals surface area contributed by atoms with Gasteiger partial charge in [0.2, 0.25) is 0 Å². The number of nitriles is 1. The molecule has 0 aliphatic carbocycles. The Morgan fingerprint density at radius 2 is 2.18 bits per heavy atom. The summed E-state index contributed by atoms with van der Waals surface area (Å²) in [7, 11) is 0. The van der Waals surface area contributed by atoms with Gasteiger partial charge in [-0.3, -0.25) is 9.69 Å². The van der Waals surface area contributed by atoms with Crippen LogP contribution in [0.3, 0.4) is 0 Å². The molecule has 0 aromatic heterocycles. The van der Waals surface area contributed by atoms with Crippen LogP contribution in [0.1, 0.15) is 6.92 Å². The zero-order chi connectivity index (χ0) is 12.7. The van der Waals surface area contributed by atoms with Gasteiger partial charge in [0.1, 0.15) is 11.6 Å². The van der Waals surface area contributed by atoms with Crippen LogP contribution in [0.4, 0.5) is 0 Å². The van der Waals surface area contributed by atoms with E-state index in [1.54, 1.807) is 13.0 Å². The van der Waals surface area contributed by atoms with Crippen LogP contribution in [-0.2, 0) is 9.53 Å². The quantitative estimate of drug-likeness (QED) is 0.483. The summed E-state index contributed by atoms with van der Waals surface area (Å²) >= 11 is 0. The number of hydrogen-bond donors (Lipinski definition) is 2. The smallest absolute Gasteiger partial charge is 0.261 e. The molecule has 0 saturated carbocycles. The number of carbonyl (C=O) groups is 1. The van der Waals surface area contributed by atoms with Crippen LogP contribution in [0.2, 0.25) is 0 Å². The lowest BCUT2D eigenvalue weighted by molar-refractivity contribution is -0.114. The van der Waals surface area contributed by atoms with Gasteiger partial charge >= 0.3 is 0 Å². The highest BCUT2D eigenvalue weighted by atomic mass is 16.5. The van der Waals surface area contributed by atoms with Crippen LogP contribution in [-0.4, -0.2) is 50.2 Å². The number of allylic oxidation sites excluding steroid dienone is 1. The van der Waals surface area contributed by atoms with E-state index < -0.39 is 5.91 Å². The molecular weight excluding hydrogens is 220 g/mol. The topological polar surface area (TPSA) is 91.4 Å². The van der Waals surface area contributed by atoms with Crippen molar-refractivity contribution in [1.29, 1.82) is 5.26 Å². The first kappa shape index (κ1) is 13.5. The molecular formula is C11H18N4O2. The van der Waals surface area contributed by atoms with Crippen LogP contribution in [0.5, 0.6) is 0 Å². The van der Waals surface area contributed by atoms with Crippen molar-refractivity contribution in [2.75, 3.05) is 39.4 Å². The van der Waals surface area contributed by atoms with Crippen molar-refractivity contribution in [3.63, 3.8) is 0 Å². The maximum absolute atomic E-state index is 10.9. The van der Waals surface area contributed by atoms with Crippen LogP contribution in [0, 0.1) is 11.3 Å². The third-order valence-electron chi connectivity index (χ3n) is 2.66. The fraction of sp³-hybridized carbons (Fsp3) is 0.636. The first-order valence-electron chi connectivity index (χ1n) is 5.60. The highest BCUT2D eigenvalue weighted by Gasteiger charge is 2.11. The molecule has 1 aliphatic heterocycles. The number of rotatable bonds is 5. The Hall–Kier alpha value is -1.58. The lowest BCUT2D eigenvalue weighted by Crippen LogP contribution is -2.40. The highest BCUT2D eigenvalue weighted by Crippen LogP contribution is 1.99. The summed E-state index contributed by atoms with van der Waals surface area (Å²) in [4.78, 5) is 13.2. The molecule has 1 aliphatic rings. The Labute approximate surface area is 101 Å². The van der Waals surface area contributed by atoms with E-state index in [0.29, 0.717) is 12.2 Å². The molecule has 17 heavy (non-hydrogen) atoms. The van der Waals surface area contributed by atoms with E-state index in [1.807, 2.05) is 0 Å². The Bertz CT molecular complexity index is 340. The summed E-state index contributed by atoms with van der Waals surface area (Å²) in [6.45, 7) is 6.60. The second kappa shape index (κ2) is 6.89. The molecule has 6 heteroatoms. The number of nitrogens with two attached hydrogens (primary N) is 1. The zero-order valence-electron chi connectivity index (χ0n) is 10.0. The minimum atomic E-state index is -0.691. The zero-order valence-corrected chi connectivity index (χ0v) is 10.0. The van der Waals surface area contributed by atoms with E-state index in [1.165, 1.54) is 0 Å². The molecule has 1 saturated heterocycles. The fourth-order valence-electron chi connectivity index (χ4n) is 1.64. The highest BCUT2D eigenvalue weighted by molar-refractivity contribution is 5.96. The van der Waals surface area contributed by atoms with Crippen molar-refractivity contribution in [1.82, 2.24) is 10.2 Å². The molecule has 0 unspecified atom stereocenters. The summed E-state index contributed by atoms with van der Waals surface area (Å²) in [5.74, 6) is -0.691. The van der Waals surface area contributed by atoms with Crippen LogP contribution in [0.15, 0.2) is 11.3 Å². The Balaban J connectivity index is 2.34. The molecule has 0 aromatic rings. The van der Waals surface area contributed by atoms with E-state index in [4.69, 9.17) is 15.7 Å². The largest absolute Gasteiger partial charge is 0.386 e. The van der Waals surface area contributed by atoms with Gasteiger partial charge in [-0.2, -0.15) is 5.26 Å². The second-order valence-corrected chi connectivity index (χ2v) is 3.86. The van der Waals surface area contributed by atoms with E-state index >= 15 is 0 Å². The molecule has 1 rings (SSSR count). The van der Waals surface area contributed by atoms with Crippen molar-refractivity contribution in [3.8, 4) is 6.07 Å². The average Bonchev–Trinajstić information content (AvgIpc) is 2.30. The summed E-state index contributed by atoms with van der Waals surface area (Å²) in [6.07, 6.45) is 0. The minimum Gasteiger partial charge on any atom is -0.386 e. The standard InChI is InChI=1S/C11H18N4O2/c1-9(10(8-12)11(13)16)14-2-3-15-4-6-17-7-5-15/h14H,2-7H2,1H3,(H2,13,16). The summed E-state index contributed by atoms with van der Waals surface area (Å²) in [5.41, 5.74) is 5.60. The van der Waals surface area contributed by atoms with Gasteiger partial charge in [0.05, 0.1) is 13.2 Å². The predicted octanol–water partition coefficient (Wildman–Crippen LogP) is -0.809. The Morgan fingerprint density at radius 3 is 2.71 bits per heavy atom. The predicted molar refractivity (Wildman–Crippen MR) is 62.8 cm³/mol. The first-order valence-corrected chi connectivity index (χ1v) is 5.60. The fourth-order valence-corrected chi connectivity index (χ4v) is 1.64. The van der Waals surface area contributed by atoms with Crippen molar-refractivity contribution in [2.45, 2.75) is 6.92 Å². The first-order chi connectivity index (χ1) is 8.15. The summed E-state index contributed by atoms with van der Waals surface area (Å²) in [6, 6.07) is 1.80.